The van der Waals surface area contributed by atoms with Crippen molar-refractivity contribution in [1.29, 1.82) is 0 Å². The number of fused-ring (bicyclic) bond motifs is 1. The van der Waals surface area contributed by atoms with E-state index in [1.165, 1.54) is 24.3 Å². The van der Waals surface area contributed by atoms with E-state index < -0.39 is 130 Å². The molecule has 9 N–H and O–H groups in total. The van der Waals surface area contributed by atoms with Crippen LogP contribution >= 0.6 is 11.6 Å². The number of aromatic carboxylic acids is 1. The van der Waals surface area contributed by atoms with Crippen molar-refractivity contribution in [2.45, 2.75) is 18.4 Å². The summed E-state index contributed by atoms with van der Waals surface area (Å²) in [5, 5.41) is 57.5. The van der Waals surface area contributed by atoms with Gasteiger partial charge in [-0.25, -0.2) is 45.6 Å². The lowest BCUT2D eigenvalue weighted by atomic mass is 9.72. The number of hydrogen-bond acceptors (Lipinski definition) is 12. The molecule has 2 aliphatic heterocycles. The number of aromatic hydroxyl groups is 3. The number of phenols is 3. The fraction of sp³-hybridized carbons (Fsp3) is 0.233. The number of urea groups is 3. The summed E-state index contributed by atoms with van der Waals surface area (Å²) in [4.78, 5) is 64.4. The van der Waals surface area contributed by atoms with Gasteiger partial charge >= 0.3 is 31.2 Å². The zero-order valence-electron chi connectivity index (χ0n) is 27.2. The number of nitrogens with one attached hydrogen (secondary N) is 4. The van der Waals surface area contributed by atoms with Crippen molar-refractivity contribution in [3.8, 4) is 23.0 Å². The minimum Gasteiger partial charge on any atom is -0.534 e. The smallest absolute Gasteiger partial charge is 0.534 e. The molecule has 3 aromatic rings. The van der Waals surface area contributed by atoms with Crippen LogP contribution in [0.5, 0.6) is 23.0 Å². The normalized spacial score (nSPS) is 15.9. The Labute approximate surface area is 308 Å². The van der Waals surface area contributed by atoms with Gasteiger partial charge < -0.3 is 51.4 Å². The number of anilines is 1. The molecule has 286 valence electrons. The lowest BCUT2D eigenvalue weighted by Crippen LogP contribution is -2.56. The van der Waals surface area contributed by atoms with Gasteiger partial charge in [0, 0.05) is 17.8 Å². The Morgan fingerprint density at radius 2 is 1.70 bits per heavy atom. The first-order valence-corrected chi connectivity index (χ1v) is 17.4. The average Bonchev–Trinajstić information content (AvgIpc) is 3.51. The maximum absolute atomic E-state index is 14.6. The van der Waals surface area contributed by atoms with Gasteiger partial charge in [-0.2, -0.15) is 0 Å². The van der Waals surface area contributed by atoms with E-state index >= 15 is 0 Å². The molecule has 1 unspecified atom stereocenters. The van der Waals surface area contributed by atoms with Gasteiger partial charge in [0.15, 0.2) is 17.3 Å². The van der Waals surface area contributed by atoms with Gasteiger partial charge in [0.05, 0.1) is 29.8 Å². The predicted octanol–water partition coefficient (Wildman–Crippen LogP) is 1.21. The van der Waals surface area contributed by atoms with Gasteiger partial charge in [0.1, 0.15) is 28.9 Å². The number of hydrogen-bond donors (Lipinski definition) is 9. The predicted molar refractivity (Wildman–Crippen MR) is 181 cm³/mol. The SMILES string of the molecule is O=C(NCCS(=O)(=O)N1CCN(C(=O)NC(C(=O)N[C@H]2Cc3ccc(F)c(C(=O)O)c3OB2O)c2cc(F)c(O)c(O)c2Cl)C1=O)Nc1ccc(O)cc1. The second-order valence-electron chi connectivity index (χ2n) is 11.6. The first-order valence-electron chi connectivity index (χ1n) is 15.5. The summed E-state index contributed by atoms with van der Waals surface area (Å²) in [5.41, 5.74) is -1.25. The van der Waals surface area contributed by atoms with Crippen molar-refractivity contribution >= 4 is 64.4 Å². The first-order chi connectivity index (χ1) is 25.4. The number of amides is 7. The van der Waals surface area contributed by atoms with E-state index in [1.807, 2.05) is 0 Å². The molecule has 3 aromatic carbocycles. The molecular weight excluding hydrogens is 769 g/mol. The number of carbonyl (C=O) groups is 5. The number of sulfonamides is 1. The molecule has 24 heteroatoms. The molecule has 0 saturated carbocycles. The molecule has 2 aliphatic rings. The number of phenolic OH excluding ortho intramolecular Hbond substituents is 3. The lowest BCUT2D eigenvalue weighted by Gasteiger charge is -2.31. The van der Waals surface area contributed by atoms with Crippen molar-refractivity contribution < 1.29 is 71.3 Å². The highest BCUT2D eigenvalue weighted by Gasteiger charge is 2.43. The van der Waals surface area contributed by atoms with E-state index in [9.17, 15) is 66.6 Å². The molecule has 5 rings (SSSR count). The molecule has 0 aliphatic carbocycles. The Kier molecular flexibility index (Phi) is 11.2. The third kappa shape index (κ3) is 8.11. The Morgan fingerprint density at radius 1 is 1.02 bits per heavy atom. The zero-order chi connectivity index (χ0) is 39.6. The number of benzene rings is 3. The van der Waals surface area contributed by atoms with Crippen molar-refractivity contribution in [1.82, 2.24) is 25.2 Å². The van der Waals surface area contributed by atoms with Gasteiger partial charge in [-0.05, 0) is 48.4 Å². The summed E-state index contributed by atoms with van der Waals surface area (Å²) in [5.74, 6) is -11.0. The van der Waals surface area contributed by atoms with Crippen LogP contribution in [-0.2, 0) is 21.2 Å². The van der Waals surface area contributed by atoms with E-state index in [2.05, 4.69) is 21.3 Å². The highest BCUT2D eigenvalue weighted by atomic mass is 35.5. The fourth-order valence-corrected chi connectivity index (χ4v) is 6.96. The van der Waals surface area contributed by atoms with Gasteiger partial charge in [-0.3, -0.25) is 4.79 Å². The van der Waals surface area contributed by atoms with Gasteiger partial charge in [0.2, 0.25) is 15.9 Å². The second-order valence-corrected chi connectivity index (χ2v) is 14.0. The number of nitrogens with zero attached hydrogens (tertiary/aromatic N) is 2. The molecule has 0 aromatic heterocycles. The molecule has 54 heavy (non-hydrogen) atoms. The van der Waals surface area contributed by atoms with Crippen LogP contribution in [0.4, 0.5) is 28.9 Å². The third-order valence-electron chi connectivity index (χ3n) is 8.11. The van der Waals surface area contributed by atoms with Gasteiger partial charge in [0.25, 0.3) is 0 Å². The average molecular weight is 797 g/mol. The van der Waals surface area contributed by atoms with Crippen LogP contribution in [0.2, 0.25) is 5.02 Å². The molecule has 1 fully saturated rings. The topological polar surface area (TPSA) is 284 Å². The number of halogens is 3. The lowest BCUT2D eigenvalue weighted by molar-refractivity contribution is -0.123. The molecule has 2 heterocycles. The number of imide groups is 1. The maximum atomic E-state index is 14.6. The highest BCUT2D eigenvalue weighted by Crippen LogP contribution is 2.41. The van der Waals surface area contributed by atoms with Crippen LogP contribution in [0.25, 0.3) is 0 Å². The summed E-state index contributed by atoms with van der Waals surface area (Å²) in [6, 6.07) is 2.06. The van der Waals surface area contributed by atoms with Gasteiger partial charge in [-0.1, -0.05) is 17.7 Å². The van der Waals surface area contributed by atoms with Crippen LogP contribution < -0.4 is 25.9 Å². The number of rotatable bonds is 10. The van der Waals surface area contributed by atoms with Crippen molar-refractivity contribution in [3.05, 3.63) is 75.8 Å². The largest absolute Gasteiger partial charge is 0.547 e. The van der Waals surface area contributed by atoms with Crippen LogP contribution in [0, 0.1) is 11.6 Å². The number of carboxylic acid groups (broad SMARTS) is 1. The quantitative estimate of drug-likeness (QED) is 0.0794. The molecule has 1 saturated heterocycles. The molecule has 0 bridgehead atoms. The van der Waals surface area contributed by atoms with Gasteiger partial charge in [-0.15, -0.1) is 0 Å². The zero-order valence-corrected chi connectivity index (χ0v) is 28.8. The van der Waals surface area contributed by atoms with Crippen molar-refractivity contribution in [2.24, 2.45) is 0 Å². The highest BCUT2D eigenvalue weighted by molar-refractivity contribution is 7.89. The Morgan fingerprint density at radius 3 is 2.37 bits per heavy atom. The Balaban J connectivity index is 1.30. The Hall–Kier alpha value is -6.07. The van der Waals surface area contributed by atoms with Crippen LogP contribution in [0.1, 0.15) is 27.5 Å². The summed E-state index contributed by atoms with van der Waals surface area (Å²) in [6.45, 7) is -1.58. The first kappa shape index (κ1) is 39.1. The summed E-state index contributed by atoms with van der Waals surface area (Å²) in [7, 11) is -6.47. The summed E-state index contributed by atoms with van der Waals surface area (Å²) in [6.07, 6.45) is -0.364. The molecule has 2 atom stereocenters. The molecule has 7 amide bonds. The van der Waals surface area contributed by atoms with E-state index in [-0.39, 0.29) is 23.4 Å². The van der Waals surface area contributed by atoms with E-state index in [1.54, 1.807) is 0 Å². The molecule has 0 radical (unpaired) electrons. The minimum atomic E-state index is -4.46. The Bertz CT molecular complexity index is 2150. The van der Waals surface area contributed by atoms with Crippen LogP contribution in [0.3, 0.4) is 0 Å². The van der Waals surface area contributed by atoms with E-state index in [4.69, 9.17) is 16.3 Å². The molecular formula is C30H28BClF2N6O13S. The monoisotopic (exact) mass is 796 g/mol. The van der Waals surface area contributed by atoms with Crippen LogP contribution in [0.15, 0.2) is 42.5 Å². The summed E-state index contributed by atoms with van der Waals surface area (Å²) >= 11 is 6.10. The number of carbonyl (C=O) groups excluding carboxylic acids is 4. The third-order valence-corrected chi connectivity index (χ3v) is 10.2. The van der Waals surface area contributed by atoms with Crippen molar-refractivity contribution in [2.75, 3.05) is 30.7 Å². The molecule has 0 spiro atoms. The fourth-order valence-electron chi connectivity index (χ4n) is 5.43. The van der Waals surface area contributed by atoms with E-state index in [0.717, 1.165) is 12.1 Å². The van der Waals surface area contributed by atoms with Crippen molar-refractivity contribution in [3.63, 3.8) is 0 Å². The maximum Gasteiger partial charge on any atom is 0.547 e. The number of carboxylic acids is 1. The second kappa shape index (κ2) is 15.5. The molecule has 19 nitrogen and oxygen atoms in total. The van der Waals surface area contributed by atoms with Crippen LogP contribution in [-0.4, -0.2) is 111 Å². The standard InChI is InChI=1S/C30H28BClF2N6O13S/c32-21-16(12-18(34)23(42)24(21)43)22(26(44)37-19-11-13-1-6-17(33)20(27(45)46)25(13)53-31(19)50)38-29(48)39-8-9-40(30(39)49)54(51,52)10-7-35-28(47)36-14-2-4-15(41)5-3-14/h1-6,12,19,22,41-43,50H,7-11H2,(H,37,44)(H,38,48)(H,45,46)(H2,35,36,47)/t19-,22?/m0/s1. The van der Waals surface area contributed by atoms with E-state index in [0.29, 0.717) is 15.3 Å². The minimum absolute atomic E-state index is 0.0356. The summed E-state index contributed by atoms with van der Waals surface area (Å²) < 4.78 is 60.3.